The molecule has 1 fully saturated rings. The first-order valence-corrected chi connectivity index (χ1v) is 7.41. The van der Waals surface area contributed by atoms with Crippen LogP contribution in [0.5, 0.6) is 0 Å². The fourth-order valence-corrected chi connectivity index (χ4v) is 2.76. The molecule has 0 amide bonds. The molecule has 0 unspecified atom stereocenters. The highest BCUT2D eigenvalue weighted by molar-refractivity contribution is 5.78. The molecule has 0 spiro atoms. The topological polar surface area (TPSA) is 34.4 Å². The molecule has 1 aliphatic rings. The Balaban J connectivity index is 2.06. The second kappa shape index (κ2) is 6.69. The zero-order chi connectivity index (χ0) is 13.7. The van der Waals surface area contributed by atoms with Crippen molar-refractivity contribution in [3.05, 3.63) is 29.9 Å². The van der Waals surface area contributed by atoms with Gasteiger partial charge in [-0.15, -0.1) is 0 Å². The third-order valence-electron chi connectivity index (χ3n) is 3.74. The average Bonchev–Trinajstić information content (AvgIpc) is 2.89. The number of rotatable bonds is 4. The Morgan fingerprint density at radius 1 is 1.37 bits per heavy atom. The first-order valence-electron chi connectivity index (χ1n) is 7.41. The molecule has 0 saturated heterocycles. The van der Waals surface area contributed by atoms with Crippen LogP contribution in [0.3, 0.4) is 0 Å². The molecule has 0 radical (unpaired) electrons. The standard InChI is InChI=1S/C16H24N2O/c1-13(2)17-15-9-5-6-12-18(15)16(19)11-10-14-7-3-4-8-14/h5-6,9,12-14H,3-4,7-8,10-11H2,1-2H3. The first-order chi connectivity index (χ1) is 9.16. The Hall–Kier alpha value is -1.38. The van der Waals surface area contributed by atoms with E-state index in [4.69, 9.17) is 0 Å². The molecule has 0 N–H and O–H groups in total. The van der Waals surface area contributed by atoms with Crippen LogP contribution in [0, 0.1) is 5.92 Å². The lowest BCUT2D eigenvalue weighted by atomic mass is 10.0. The molecule has 3 heteroatoms. The molecule has 1 aliphatic carbocycles. The van der Waals surface area contributed by atoms with Crippen molar-refractivity contribution < 1.29 is 4.79 Å². The lowest BCUT2D eigenvalue weighted by Crippen LogP contribution is -2.27. The van der Waals surface area contributed by atoms with Crippen LogP contribution in [-0.2, 0) is 0 Å². The predicted molar refractivity (Wildman–Crippen MR) is 76.9 cm³/mol. The molecular formula is C16H24N2O. The van der Waals surface area contributed by atoms with E-state index in [2.05, 4.69) is 4.99 Å². The van der Waals surface area contributed by atoms with Gasteiger partial charge in [-0.05, 0) is 38.3 Å². The monoisotopic (exact) mass is 260 g/mol. The van der Waals surface area contributed by atoms with Gasteiger partial charge in [0.05, 0.1) is 0 Å². The number of aromatic nitrogens is 1. The molecule has 104 valence electrons. The number of hydrogen-bond acceptors (Lipinski definition) is 2. The van der Waals surface area contributed by atoms with Crippen LogP contribution in [0.1, 0.15) is 57.2 Å². The highest BCUT2D eigenvalue weighted by atomic mass is 16.2. The predicted octanol–water partition coefficient (Wildman–Crippen LogP) is 3.41. The normalized spacial score (nSPS) is 17.3. The Bertz CT molecular complexity index is 482. The molecule has 3 nitrogen and oxygen atoms in total. The van der Waals surface area contributed by atoms with Gasteiger partial charge in [-0.1, -0.05) is 31.7 Å². The van der Waals surface area contributed by atoms with E-state index in [1.165, 1.54) is 25.7 Å². The minimum Gasteiger partial charge on any atom is -0.274 e. The van der Waals surface area contributed by atoms with Crippen molar-refractivity contribution >= 4 is 5.91 Å². The average molecular weight is 260 g/mol. The lowest BCUT2D eigenvalue weighted by Gasteiger charge is -2.10. The third-order valence-corrected chi connectivity index (χ3v) is 3.74. The van der Waals surface area contributed by atoms with Gasteiger partial charge in [0, 0.05) is 18.7 Å². The highest BCUT2D eigenvalue weighted by Gasteiger charge is 2.16. The van der Waals surface area contributed by atoms with Crippen molar-refractivity contribution in [2.75, 3.05) is 0 Å². The molecule has 0 atom stereocenters. The maximum absolute atomic E-state index is 12.3. The molecule has 19 heavy (non-hydrogen) atoms. The number of pyridine rings is 1. The van der Waals surface area contributed by atoms with Crippen LogP contribution in [-0.4, -0.2) is 16.5 Å². The summed E-state index contributed by atoms with van der Waals surface area (Å²) in [4.78, 5) is 16.8. The summed E-state index contributed by atoms with van der Waals surface area (Å²) in [5.41, 5.74) is 0.772. The summed E-state index contributed by atoms with van der Waals surface area (Å²) >= 11 is 0. The summed E-state index contributed by atoms with van der Waals surface area (Å²) < 4.78 is 1.70. The van der Waals surface area contributed by atoms with Gasteiger partial charge in [-0.2, -0.15) is 0 Å². The van der Waals surface area contributed by atoms with E-state index in [0.29, 0.717) is 6.42 Å². The quantitative estimate of drug-likeness (QED) is 0.817. The van der Waals surface area contributed by atoms with E-state index in [-0.39, 0.29) is 11.9 Å². The van der Waals surface area contributed by atoms with E-state index in [1.807, 2.05) is 38.2 Å². The fourth-order valence-electron chi connectivity index (χ4n) is 2.76. The Morgan fingerprint density at radius 3 is 2.79 bits per heavy atom. The third kappa shape index (κ3) is 4.05. The van der Waals surface area contributed by atoms with Crippen LogP contribution < -0.4 is 5.49 Å². The number of hydrogen-bond donors (Lipinski definition) is 0. The summed E-state index contributed by atoms with van der Waals surface area (Å²) in [7, 11) is 0. The SMILES string of the molecule is CC(C)N=c1ccccn1C(=O)CCC1CCCC1. The van der Waals surface area contributed by atoms with E-state index >= 15 is 0 Å². The van der Waals surface area contributed by atoms with E-state index in [9.17, 15) is 4.79 Å². The largest absolute Gasteiger partial charge is 0.274 e. The van der Waals surface area contributed by atoms with Crippen molar-refractivity contribution in [1.29, 1.82) is 0 Å². The van der Waals surface area contributed by atoms with Crippen LogP contribution in [0.2, 0.25) is 0 Å². The molecule has 1 aromatic rings. The molecule has 0 aliphatic heterocycles. The maximum Gasteiger partial charge on any atom is 0.232 e. The van der Waals surface area contributed by atoms with Crippen molar-refractivity contribution in [3.8, 4) is 0 Å². The van der Waals surface area contributed by atoms with Gasteiger partial charge in [0.25, 0.3) is 0 Å². The van der Waals surface area contributed by atoms with Crippen LogP contribution in [0.15, 0.2) is 29.4 Å². The summed E-state index contributed by atoms with van der Waals surface area (Å²) in [5.74, 6) is 0.936. The second-order valence-corrected chi connectivity index (χ2v) is 5.73. The van der Waals surface area contributed by atoms with Gasteiger partial charge < -0.3 is 0 Å². The Morgan fingerprint density at radius 2 is 2.11 bits per heavy atom. The van der Waals surface area contributed by atoms with E-state index < -0.39 is 0 Å². The van der Waals surface area contributed by atoms with Crippen LogP contribution in [0.25, 0.3) is 0 Å². The molecule has 1 heterocycles. The number of nitrogens with zero attached hydrogens (tertiary/aromatic N) is 2. The fraction of sp³-hybridized carbons (Fsp3) is 0.625. The molecule has 2 rings (SSSR count). The van der Waals surface area contributed by atoms with Gasteiger partial charge in [0.1, 0.15) is 5.49 Å². The molecule has 0 aromatic carbocycles. The van der Waals surface area contributed by atoms with E-state index in [0.717, 1.165) is 17.8 Å². The lowest BCUT2D eigenvalue weighted by molar-refractivity contribution is 0.0887. The zero-order valence-electron chi connectivity index (χ0n) is 12.0. The smallest absolute Gasteiger partial charge is 0.232 e. The van der Waals surface area contributed by atoms with Gasteiger partial charge >= 0.3 is 0 Å². The highest BCUT2D eigenvalue weighted by Crippen LogP contribution is 2.28. The molecule has 1 aromatic heterocycles. The number of carbonyl (C=O) groups excluding carboxylic acids is 1. The van der Waals surface area contributed by atoms with Crippen LogP contribution >= 0.6 is 0 Å². The van der Waals surface area contributed by atoms with E-state index in [1.54, 1.807) is 4.57 Å². The van der Waals surface area contributed by atoms with Crippen molar-refractivity contribution in [3.63, 3.8) is 0 Å². The summed E-state index contributed by atoms with van der Waals surface area (Å²) in [5, 5.41) is 0. The first kappa shape index (κ1) is 14.0. The van der Waals surface area contributed by atoms with Crippen LogP contribution in [0.4, 0.5) is 0 Å². The number of carbonyl (C=O) groups is 1. The minimum absolute atomic E-state index is 0.173. The summed E-state index contributed by atoms with van der Waals surface area (Å²) in [6.45, 7) is 4.06. The van der Waals surface area contributed by atoms with Gasteiger partial charge in [-0.3, -0.25) is 14.4 Å². The summed E-state index contributed by atoms with van der Waals surface area (Å²) in [6, 6.07) is 5.94. The van der Waals surface area contributed by atoms with Crippen molar-refractivity contribution in [2.45, 2.75) is 58.4 Å². The maximum atomic E-state index is 12.3. The second-order valence-electron chi connectivity index (χ2n) is 5.73. The van der Waals surface area contributed by atoms with Gasteiger partial charge in [-0.25, -0.2) is 0 Å². The van der Waals surface area contributed by atoms with Crippen molar-refractivity contribution in [1.82, 2.24) is 4.57 Å². The zero-order valence-corrected chi connectivity index (χ0v) is 12.0. The minimum atomic E-state index is 0.173. The van der Waals surface area contributed by atoms with Gasteiger partial charge in [0.2, 0.25) is 5.91 Å². The summed E-state index contributed by atoms with van der Waals surface area (Å²) in [6.07, 6.45) is 8.78. The Kier molecular flexibility index (Phi) is 4.94. The molecule has 0 bridgehead atoms. The Labute approximate surface area is 115 Å². The molecule has 1 saturated carbocycles. The van der Waals surface area contributed by atoms with Gasteiger partial charge in [0.15, 0.2) is 0 Å². The van der Waals surface area contributed by atoms with Crippen molar-refractivity contribution in [2.24, 2.45) is 10.9 Å². The molecular weight excluding hydrogens is 236 g/mol.